The lowest BCUT2D eigenvalue weighted by Gasteiger charge is -2.21. The van der Waals surface area contributed by atoms with Gasteiger partial charge < -0.3 is 9.73 Å². The van der Waals surface area contributed by atoms with Crippen LogP contribution in [0.4, 0.5) is 5.69 Å². The van der Waals surface area contributed by atoms with E-state index in [-0.39, 0.29) is 17.3 Å². The zero-order valence-corrected chi connectivity index (χ0v) is 14.7. The molecule has 0 spiro atoms. The number of sulfonamides is 1. The molecule has 3 rings (SSSR count). The number of amides is 1. The first-order valence-corrected chi connectivity index (χ1v) is 9.18. The summed E-state index contributed by atoms with van der Waals surface area (Å²) >= 11 is 0. The van der Waals surface area contributed by atoms with Gasteiger partial charge in [-0.1, -0.05) is 6.92 Å². The van der Waals surface area contributed by atoms with E-state index >= 15 is 0 Å². The molecule has 2 heterocycles. The minimum absolute atomic E-state index is 0.127. The van der Waals surface area contributed by atoms with E-state index in [1.165, 1.54) is 22.9 Å². The summed E-state index contributed by atoms with van der Waals surface area (Å²) in [5, 5.41) is 2.79. The molecule has 1 aromatic carbocycles. The summed E-state index contributed by atoms with van der Waals surface area (Å²) < 4.78 is 32.3. The van der Waals surface area contributed by atoms with Crippen molar-refractivity contribution in [3.8, 4) is 0 Å². The molecule has 128 valence electrons. The van der Waals surface area contributed by atoms with Gasteiger partial charge in [0.05, 0.1) is 22.8 Å². The molecule has 0 saturated carbocycles. The first-order chi connectivity index (χ1) is 11.3. The predicted molar refractivity (Wildman–Crippen MR) is 90.1 cm³/mol. The van der Waals surface area contributed by atoms with Crippen LogP contribution in [0.2, 0.25) is 0 Å². The van der Waals surface area contributed by atoms with Crippen LogP contribution in [0.25, 0.3) is 0 Å². The molecule has 0 bridgehead atoms. The standard InChI is InChI=1S/C17H20N2O4S/c1-4-19(10-12-7-8-23-11-12)24(21,22)13-5-6-15-14(9-13)17(2,3)16(20)18-15/h5-9,11H,4,10H2,1-3H3,(H,18,20). The second-order valence-electron chi connectivity index (χ2n) is 6.35. The Morgan fingerprint density at radius 2 is 2.00 bits per heavy atom. The summed E-state index contributed by atoms with van der Waals surface area (Å²) in [6.45, 7) is 5.94. The van der Waals surface area contributed by atoms with Crippen molar-refractivity contribution in [2.24, 2.45) is 0 Å². The maximum atomic E-state index is 13.0. The third-order valence-corrected chi connectivity index (χ3v) is 6.33. The van der Waals surface area contributed by atoms with Gasteiger partial charge in [-0.2, -0.15) is 4.31 Å². The largest absolute Gasteiger partial charge is 0.472 e. The van der Waals surface area contributed by atoms with E-state index in [1.807, 2.05) is 0 Å². The highest BCUT2D eigenvalue weighted by atomic mass is 32.2. The Labute approximate surface area is 141 Å². The number of benzene rings is 1. The highest BCUT2D eigenvalue weighted by Gasteiger charge is 2.39. The summed E-state index contributed by atoms with van der Waals surface area (Å²) in [5.41, 5.74) is 1.41. The Balaban J connectivity index is 1.99. The van der Waals surface area contributed by atoms with Crippen LogP contribution in [-0.4, -0.2) is 25.2 Å². The van der Waals surface area contributed by atoms with Crippen molar-refractivity contribution in [3.05, 3.63) is 47.9 Å². The smallest absolute Gasteiger partial charge is 0.243 e. The van der Waals surface area contributed by atoms with Crippen LogP contribution in [0.3, 0.4) is 0 Å². The van der Waals surface area contributed by atoms with Gasteiger partial charge in [0.1, 0.15) is 0 Å². The zero-order chi connectivity index (χ0) is 17.5. The molecular formula is C17H20N2O4S. The van der Waals surface area contributed by atoms with Crippen LogP contribution >= 0.6 is 0 Å². The molecular weight excluding hydrogens is 328 g/mol. The molecule has 1 amide bonds. The van der Waals surface area contributed by atoms with Crippen LogP contribution in [0.15, 0.2) is 46.1 Å². The van der Waals surface area contributed by atoms with E-state index in [4.69, 9.17) is 4.42 Å². The number of carbonyl (C=O) groups excluding carboxylic acids is 1. The number of anilines is 1. The molecule has 0 fully saturated rings. The van der Waals surface area contributed by atoms with Crippen LogP contribution in [0.1, 0.15) is 31.9 Å². The average Bonchev–Trinajstić information content (AvgIpc) is 3.12. The number of fused-ring (bicyclic) bond motifs is 1. The number of rotatable bonds is 5. The van der Waals surface area contributed by atoms with E-state index < -0.39 is 15.4 Å². The number of carbonyl (C=O) groups is 1. The van der Waals surface area contributed by atoms with Gasteiger partial charge in [-0.05, 0) is 43.7 Å². The summed E-state index contributed by atoms with van der Waals surface area (Å²) in [7, 11) is -3.66. The van der Waals surface area contributed by atoms with E-state index in [9.17, 15) is 13.2 Å². The normalized spacial score (nSPS) is 16.2. The maximum absolute atomic E-state index is 13.0. The molecule has 0 unspecified atom stereocenters. The van der Waals surface area contributed by atoms with Crippen molar-refractivity contribution in [2.75, 3.05) is 11.9 Å². The molecule has 24 heavy (non-hydrogen) atoms. The highest BCUT2D eigenvalue weighted by Crippen LogP contribution is 2.38. The minimum atomic E-state index is -3.66. The predicted octanol–water partition coefficient (Wildman–Crippen LogP) is 2.72. The van der Waals surface area contributed by atoms with Gasteiger partial charge in [-0.25, -0.2) is 8.42 Å². The van der Waals surface area contributed by atoms with Crippen LogP contribution in [0.5, 0.6) is 0 Å². The summed E-state index contributed by atoms with van der Waals surface area (Å²) in [5.74, 6) is -0.127. The molecule has 1 aliphatic rings. The van der Waals surface area contributed by atoms with E-state index in [0.29, 0.717) is 17.8 Å². The van der Waals surface area contributed by atoms with Crippen LogP contribution < -0.4 is 5.32 Å². The fraction of sp³-hybridized carbons (Fsp3) is 0.353. The Morgan fingerprint density at radius 1 is 1.25 bits per heavy atom. The molecule has 2 aromatic rings. The van der Waals surface area contributed by atoms with Gasteiger partial charge in [0.2, 0.25) is 15.9 Å². The Morgan fingerprint density at radius 3 is 2.62 bits per heavy atom. The number of nitrogens with one attached hydrogen (secondary N) is 1. The molecule has 0 atom stereocenters. The second-order valence-corrected chi connectivity index (χ2v) is 8.29. The fourth-order valence-electron chi connectivity index (χ4n) is 2.81. The van der Waals surface area contributed by atoms with E-state index in [2.05, 4.69) is 5.32 Å². The molecule has 7 heteroatoms. The SMILES string of the molecule is CCN(Cc1ccoc1)S(=O)(=O)c1ccc2c(c1)C(C)(C)C(=O)N2. The van der Waals surface area contributed by atoms with Gasteiger partial charge in [0.25, 0.3) is 0 Å². The first kappa shape index (κ1) is 16.7. The van der Waals surface area contributed by atoms with E-state index in [0.717, 1.165) is 5.56 Å². The lowest BCUT2D eigenvalue weighted by atomic mass is 9.86. The minimum Gasteiger partial charge on any atom is -0.472 e. The lowest BCUT2D eigenvalue weighted by molar-refractivity contribution is -0.119. The second kappa shape index (κ2) is 5.75. The molecule has 6 nitrogen and oxygen atoms in total. The number of hydrogen-bond acceptors (Lipinski definition) is 4. The van der Waals surface area contributed by atoms with Crippen molar-refractivity contribution in [1.82, 2.24) is 4.31 Å². The van der Waals surface area contributed by atoms with Crippen molar-refractivity contribution >= 4 is 21.6 Å². The van der Waals surface area contributed by atoms with Crippen LogP contribution in [0, 0.1) is 0 Å². The summed E-state index contributed by atoms with van der Waals surface area (Å²) in [6, 6.07) is 6.53. The van der Waals surface area contributed by atoms with Gasteiger partial charge >= 0.3 is 0 Å². The number of hydrogen-bond donors (Lipinski definition) is 1. The van der Waals surface area contributed by atoms with Crippen molar-refractivity contribution in [2.45, 2.75) is 37.6 Å². The first-order valence-electron chi connectivity index (χ1n) is 7.74. The van der Waals surface area contributed by atoms with Gasteiger partial charge in [-0.15, -0.1) is 0 Å². The zero-order valence-electron chi connectivity index (χ0n) is 13.9. The molecule has 1 aromatic heterocycles. The Kier molecular flexibility index (Phi) is 4.01. The third-order valence-electron chi connectivity index (χ3n) is 4.41. The molecule has 0 aliphatic carbocycles. The number of furan rings is 1. The lowest BCUT2D eigenvalue weighted by Crippen LogP contribution is -2.31. The van der Waals surface area contributed by atoms with Crippen molar-refractivity contribution in [3.63, 3.8) is 0 Å². The molecule has 1 N–H and O–H groups in total. The van der Waals surface area contributed by atoms with Gasteiger partial charge in [-0.3, -0.25) is 4.79 Å². The highest BCUT2D eigenvalue weighted by molar-refractivity contribution is 7.89. The van der Waals surface area contributed by atoms with Crippen molar-refractivity contribution < 1.29 is 17.6 Å². The monoisotopic (exact) mass is 348 g/mol. The van der Waals surface area contributed by atoms with Gasteiger partial charge in [0.15, 0.2) is 0 Å². The van der Waals surface area contributed by atoms with Gasteiger partial charge in [0, 0.05) is 24.3 Å². The summed E-state index contributed by atoms with van der Waals surface area (Å²) in [4.78, 5) is 12.2. The Bertz CT molecular complexity index is 870. The molecule has 1 aliphatic heterocycles. The number of nitrogens with zero attached hydrogens (tertiary/aromatic N) is 1. The van der Waals surface area contributed by atoms with E-state index in [1.54, 1.807) is 39.0 Å². The molecule has 0 radical (unpaired) electrons. The maximum Gasteiger partial charge on any atom is 0.243 e. The Hall–Kier alpha value is -2.12. The topological polar surface area (TPSA) is 79.6 Å². The third kappa shape index (κ3) is 2.63. The fourth-order valence-corrected chi connectivity index (χ4v) is 4.28. The molecule has 0 saturated heterocycles. The quantitative estimate of drug-likeness (QED) is 0.901. The van der Waals surface area contributed by atoms with Crippen LogP contribution in [-0.2, 0) is 26.8 Å². The average molecular weight is 348 g/mol. The summed E-state index contributed by atoms with van der Waals surface area (Å²) in [6.07, 6.45) is 3.05. The van der Waals surface area contributed by atoms with Crippen molar-refractivity contribution in [1.29, 1.82) is 0 Å².